The lowest BCUT2D eigenvalue weighted by atomic mass is 9.84. The number of aromatic nitrogens is 2. The maximum Gasteiger partial charge on any atom is 0.451 e. The minimum atomic E-state index is -4.67. The summed E-state index contributed by atoms with van der Waals surface area (Å²) in [5.41, 5.74) is 0.0526. The molecule has 0 radical (unpaired) electrons. The van der Waals surface area contributed by atoms with Crippen molar-refractivity contribution in [2.75, 3.05) is 0 Å². The van der Waals surface area contributed by atoms with Crippen LogP contribution in [0.25, 0.3) is 11.0 Å². The molecule has 2 aromatic rings. The van der Waals surface area contributed by atoms with Gasteiger partial charge in [-0.15, -0.1) is 0 Å². The SMILES string of the molecule is OB(O)CCCCn1c(C(F)(F)F)nc2c(Cl)c(Cl)c(Cl)cc21. The van der Waals surface area contributed by atoms with Crippen LogP contribution in [0.5, 0.6) is 0 Å². The molecule has 0 amide bonds. The highest BCUT2D eigenvalue weighted by Crippen LogP contribution is 2.39. The molecule has 0 atom stereocenters. The molecule has 1 aromatic heterocycles. The van der Waals surface area contributed by atoms with E-state index in [1.54, 1.807) is 0 Å². The Bertz CT molecular complexity index is 722. The molecule has 0 saturated carbocycles. The first kappa shape index (κ1) is 18.7. The topological polar surface area (TPSA) is 58.3 Å². The molecule has 23 heavy (non-hydrogen) atoms. The van der Waals surface area contributed by atoms with Crippen LogP contribution >= 0.6 is 34.8 Å². The third kappa shape index (κ3) is 4.06. The second-order valence-electron chi connectivity index (χ2n) is 4.92. The minimum absolute atomic E-state index is 0.0215. The molecule has 0 fully saturated rings. The van der Waals surface area contributed by atoms with Crippen LogP contribution in [0, 0.1) is 0 Å². The molecule has 1 heterocycles. The van der Waals surface area contributed by atoms with Gasteiger partial charge in [-0.1, -0.05) is 41.2 Å². The molecule has 2 N–H and O–H groups in total. The van der Waals surface area contributed by atoms with Crippen molar-refractivity contribution in [1.29, 1.82) is 0 Å². The van der Waals surface area contributed by atoms with Crippen LogP contribution < -0.4 is 0 Å². The van der Waals surface area contributed by atoms with E-state index in [9.17, 15) is 13.2 Å². The van der Waals surface area contributed by atoms with Gasteiger partial charge >= 0.3 is 13.3 Å². The van der Waals surface area contributed by atoms with E-state index in [0.29, 0.717) is 12.8 Å². The number of imidazole rings is 1. The number of benzene rings is 1. The fourth-order valence-corrected chi connectivity index (χ4v) is 2.84. The average molecular weight is 389 g/mol. The van der Waals surface area contributed by atoms with Gasteiger partial charge in [-0.3, -0.25) is 0 Å². The minimum Gasteiger partial charge on any atom is -0.427 e. The summed E-state index contributed by atoms with van der Waals surface area (Å²) in [6, 6.07) is 1.29. The lowest BCUT2D eigenvalue weighted by Crippen LogP contribution is -2.16. The summed E-state index contributed by atoms with van der Waals surface area (Å²) < 4.78 is 40.5. The standard InChI is InChI=1S/C12H11BCl3F3N2O2/c14-6-5-7-10(9(16)8(6)15)20-11(12(17,18)19)21(7)4-2-1-3-13(22)23/h5,22-23H,1-4H2. The van der Waals surface area contributed by atoms with Gasteiger partial charge in [0.15, 0.2) is 0 Å². The predicted octanol–water partition coefficient (Wildman–Crippen LogP) is 4.27. The normalized spacial score (nSPS) is 12.2. The first-order valence-corrected chi connectivity index (χ1v) is 7.73. The summed E-state index contributed by atoms with van der Waals surface area (Å²) in [5.74, 6) is -1.10. The van der Waals surface area contributed by atoms with Crippen molar-refractivity contribution in [2.24, 2.45) is 0 Å². The number of alkyl halides is 3. The summed E-state index contributed by atoms with van der Waals surface area (Å²) in [6.45, 7) is -0.0215. The Labute approximate surface area is 144 Å². The Balaban J connectivity index is 2.46. The number of hydrogen-bond acceptors (Lipinski definition) is 3. The Kier molecular flexibility index (Phi) is 5.74. The van der Waals surface area contributed by atoms with Gasteiger partial charge in [-0.05, 0) is 18.8 Å². The number of fused-ring (bicyclic) bond motifs is 1. The number of nitrogens with zero attached hydrogens (tertiary/aromatic N) is 2. The lowest BCUT2D eigenvalue weighted by Gasteiger charge is -2.11. The maximum absolute atomic E-state index is 13.2. The molecule has 1 aromatic carbocycles. The zero-order valence-electron chi connectivity index (χ0n) is 11.5. The van der Waals surface area contributed by atoms with Crippen LogP contribution in [0.1, 0.15) is 18.7 Å². The fourth-order valence-electron chi connectivity index (χ4n) is 2.21. The predicted molar refractivity (Wildman–Crippen MR) is 84.0 cm³/mol. The van der Waals surface area contributed by atoms with Gasteiger partial charge in [0.1, 0.15) is 5.52 Å². The molecule has 0 saturated heterocycles. The average Bonchev–Trinajstić information content (AvgIpc) is 2.80. The van der Waals surface area contributed by atoms with Crippen molar-refractivity contribution in [3.63, 3.8) is 0 Å². The molecule has 0 aliphatic rings. The molecule has 0 aliphatic carbocycles. The van der Waals surface area contributed by atoms with Crippen molar-refractivity contribution >= 4 is 53.0 Å². The van der Waals surface area contributed by atoms with Crippen LogP contribution in [0.3, 0.4) is 0 Å². The van der Waals surface area contributed by atoms with E-state index in [1.807, 2.05) is 0 Å². The highest BCUT2D eigenvalue weighted by Gasteiger charge is 2.38. The van der Waals surface area contributed by atoms with E-state index >= 15 is 0 Å². The molecule has 126 valence electrons. The summed E-state index contributed by atoms with van der Waals surface area (Å²) >= 11 is 17.7. The molecule has 4 nitrogen and oxygen atoms in total. The number of unbranched alkanes of at least 4 members (excludes halogenated alkanes) is 1. The first-order valence-electron chi connectivity index (χ1n) is 6.60. The van der Waals surface area contributed by atoms with E-state index in [-0.39, 0.29) is 39.0 Å². The highest BCUT2D eigenvalue weighted by molar-refractivity contribution is 6.50. The Morgan fingerprint density at radius 1 is 1.13 bits per heavy atom. The Morgan fingerprint density at radius 2 is 1.78 bits per heavy atom. The van der Waals surface area contributed by atoms with Crippen molar-refractivity contribution in [3.8, 4) is 0 Å². The number of aryl methyl sites for hydroxylation is 1. The third-order valence-corrected chi connectivity index (χ3v) is 4.48. The number of hydrogen-bond donors (Lipinski definition) is 2. The molecular weight excluding hydrogens is 378 g/mol. The number of rotatable bonds is 5. The molecule has 0 spiro atoms. The second kappa shape index (κ2) is 7.07. The van der Waals surface area contributed by atoms with Crippen molar-refractivity contribution in [1.82, 2.24) is 9.55 Å². The molecule has 2 rings (SSSR count). The largest absolute Gasteiger partial charge is 0.451 e. The number of halogens is 6. The first-order chi connectivity index (χ1) is 10.6. The van der Waals surface area contributed by atoms with Gasteiger partial charge in [0.05, 0.1) is 20.6 Å². The van der Waals surface area contributed by atoms with Crippen LogP contribution in [0.2, 0.25) is 21.4 Å². The van der Waals surface area contributed by atoms with Gasteiger partial charge < -0.3 is 14.6 Å². The second-order valence-corrected chi connectivity index (χ2v) is 6.08. The molecule has 0 unspecified atom stereocenters. The molecule has 0 aliphatic heterocycles. The van der Waals surface area contributed by atoms with Crippen LogP contribution in [0.4, 0.5) is 13.2 Å². The van der Waals surface area contributed by atoms with Crippen molar-refractivity contribution < 1.29 is 23.2 Å². The van der Waals surface area contributed by atoms with Crippen LogP contribution in [0.15, 0.2) is 6.07 Å². The van der Waals surface area contributed by atoms with E-state index in [4.69, 9.17) is 44.9 Å². The Hall–Kier alpha value is -0.665. The summed E-state index contributed by atoms with van der Waals surface area (Å²) in [6.07, 6.45) is -3.97. The Morgan fingerprint density at radius 3 is 2.35 bits per heavy atom. The maximum atomic E-state index is 13.2. The highest BCUT2D eigenvalue weighted by atomic mass is 35.5. The smallest absolute Gasteiger partial charge is 0.427 e. The zero-order chi connectivity index (χ0) is 17.4. The van der Waals surface area contributed by atoms with E-state index in [2.05, 4.69) is 4.98 Å². The van der Waals surface area contributed by atoms with E-state index in [1.165, 1.54) is 6.07 Å². The molecule has 11 heteroatoms. The summed E-state index contributed by atoms with van der Waals surface area (Å²) in [5, 5.41) is 17.4. The summed E-state index contributed by atoms with van der Waals surface area (Å²) in [4.78, 5) is 3.56. The van der Waals surface area contributed by atoms with E-state index in [0.717, 1.165) is 4.57 Å². The van der Waals surface area contributed by atoms with Crippen molar-refractivity contribution in [2.45, 2.75) is 31.9 Å². The van der Waals surface area contributed by atoms with Gasteiger partial charge in [0.25, 0.3) is 0 Å². The summed E-state index contributed by atoms with van der Waals surface area (Å²) in [7, 11) is -1.49. The quantitative estimate of drug-likeness (QED) is 0.456. The van der Waals surface area contributed by atoms with Gasteiger partial charge in [-0.2, -0.15) is 13.2 Å². The third-order valence-electron chi connectivity index (χ3n) is 3.23. The zero-order valence-corrected chi connectivity index (χ0v) is 13.8. The van der Waals surface area contributed by atoms with Crippen LogP contribution in [-0.4, -0.2) is 26.7 Å². The van der Waals surface area contributed by atoms with Crippen LogP contribution in [-0.2, 0) is 12.7 Å². The van der Waals surface area contributed by atoms with E-state index < -0.39 is 19.1 Å². The van der Waals surface area contributed by atoms with Gasteiger partial charge in [-0.25, -0.2) is 4.98 Å². The molecule has 0 bridgehead atoms. The monoisotopic (exact) mass is 388 g/mol. The lowest BCUT2D eigenvalue weighted by molar-refractivity contribution is -0.146. The van der Waals surface area contributed by atoms with Gasteiger partial charge in [0.2, 0.25) is 5.82 Å². The fraction of sp³-hybridized carbons (Fsp3) is 0.417. The van der Waals surface area contributed by atoms with Crippen molar-refractivity contribution in [3.05, 3.63) is 27.0 Å². The van der Waals surface area contributed by atoms with Gasteiger partial charge in [0, 0.05) is 6.54 Å². The molecular formula is C12H11BCl3F3N2O2.